The van der Waals surface area contributed by atoms with Gasteiger partial charge in [-0.3, -0.25) is 4.98 Å². The van der Waals surface area contributed by atoms with Crippen LogP contribution in [0.3, 0.4) is 0 Å². The molecule has 5 nitrogen and oxygen atoms in total. The fourth-order valence-corrected chi connectivity index (χ4v) is 7.47. The molecular weight excluding hydrogens is 490 g/mol. The van der Waals surface area contributed by atoms with Crippen molar-refractivity contribution in [2.75, 3.05) is 13.1 Å². The maximum atomic E-state index is 5.19. The van der Waals surface area contributed by atoms with Crippen molar-refractivity contribution >= 4 is 0 Å². The van der Waals surface area contributed by atoms with E-state index in [9.17, 15) is 0 Å². The molecule has 2 heterocycles. The van der Waals surface area contributed by atoms with Gasteiger partial charge < -0.3 is 21.3 Å². The largest absolute Gasteiger partial charge is 0.311 e. The Hall–Kier alpha value is -1.01. The van der Waals surface area contributed by atoms with Gasteiger partial charge in [-0.05, 0) is 55.7 Å². The number of rotatable bonds is 12. The van der Waals surface area contributed by atoms with Gasteiger partial charge in [0.2, 0.25) is 0 Å². The predicted octanol–water partition coefficient (Wildman–Crippen LogP) is 7.49. The summed E-state index contributed by atoms with van der Waals surface area (Å²) in [5.74, 6) is 0.602. The molecule has 0 aromatic carbocycles. The summed E-state index contributed by atoms with van der Waals surface area (Å²) in [6, 6.07) is 7.12. The molecule has 2 fully saturated rings. The minimum absolute atomic E-state index is 0.553. The number of hydrogen-bond acceptors (Lipinski definition) is 5. The van der Waals surface area contributed by atoms with Crippen LogP contribution in [0.5, 0.6) is 0 Å². The first-order valence-electron chi connectivity index (χ1n) is 17.7. The van der Waals surface area contributed by atoms with Crippen LogP contribution in [0.4, 0.5) is 0 Å². The Morgan fingerprint density at radius 2 is 1.05 bits per heavy atom. The van der Waals surface area contributed by atoms with E-state index in [4.69, 9.17) is 4.98 Å². The minimum Gasteiger partial charge on any atom is -0.311 e. The molecule has 1 aromatic heterocycles. The normalized spacial score (nSPS) is 27.1. The quantitative estimate of drug-likeness (QED) is 0.202. The second-order valence-corrected chi connectivity index (χ2v) is 13.4. The molecule has 1 aromatic rings. The van der Waals surface area contributed by atoms with Crippen LogP contribution in [0, 0.1) is 0 Å². The third kappa shape index (κ3) is 11.0. The Labute approximate surface area is 247 Å². The maximum absolute atomic E-state index is 5.19. The zero-order valence-corrected chi connectivity index (χ0v) is 26.3. The third-order valence-electron chi connectivity index (χ3n) is 10.1. The number of nitrogens with one attached hydrogen (secondary N) is 4. The van der Waals surface area contributed by atoms with Crippen molar-refractivity contribution in [3.05, 3.63) is 29.1 Å². The van der Waals surface area contributed by atoms with Crippen molar-refractivity contribution in [2.24, 2.45) is 0 Å². The molecule has 40 heavy (non-hydrogen) atoms. The van der Waals surface area contributed by atoms with Gasteiger partial charge in [0.05, 0.1) is 11.4 Å². The molecule has 0 radical (unpaired) electrons. The Morgan fingerprint density at radius 3 is 1.52 bits per heavy atom. The SMILES string of the molecule is CCCCCCCCCCCCC(C)c1cc2nc(c1)CN[C@@H]1CCCC[C@H]1NCCNC1CCCC[C@H]1NC2. The van der Waals surface area contributed by atoms with Crippen LogP contribution >= 0.6 is 0 Å². The second kappa shape index (κ2) is 18.5. The molecule has 2 saturated carbocycles. The summed E-state index contributed by atoms with van der Waals surface area (Å²) >= 11 is 0. The molecule has 228 valence electrons. The van der Waals surface area contributed by atoms with Gasteiger partial charge in [-0.2, -0.15) is 0 Å². The Morgan fingerprint density at radius 1 is 0.625 bits per heavy atom. The fraction of sp³-hybridized carbons (Fsp3) is 0.857. The highest BCUT2D eigenvalue weighted by Crippen LogP contribution is 2.26. The molecule has 4 rings (SSSR count). The van der Waals surface area contributed by atoms with Gasteiger partial charge in [-0.25, -0.2) is 0 Å². The predicted molar refractivity (Wildman–Crippen MR) is 171 cm³/mol. The molecule has 3 aliphatic rings. The molecule has 5 heteroatoms. The molecule has 2 aliphatic carbocycles. The van der Waals surface area contributed by atoms with E-state index >= 15 is 0 Å². The lowest BCUT2D eigenvalue weighted by Crippen LogP contribution is -2.53. The van der Waals surface area contributed by atoms with Gasteiger partial charge >= 0.3 is 0 Å². The molecule has 2 unspecified atom stereocenters. The van der Waals surface area contributed by atoms with Crippen LogP contribution in [0.2, 0.25) is 0 Å². The highest BCUT2D eigenvalue weighted by Gasteiger charge is 2.27. The van der Waals surface area contributed by atoms with E-state index < -0.39 is 0 Å². The zero-order chi connectivity index (χ0) is 27.8. The maximum Gasteiger partial charge on any atom is 0.0548 e. The average molecular weight is 554 g/mol. The van der Waals surface area contributed by atoms with Crippen molar-refractivity contribution in [2.45, 2.75) is 179 Å². The molecule has 4 N–H and O–H groups in total. The summed E-state index contributed by atoms with van der Waals surface area (Å²) in [7, 11) is 0. The number of aromatic nitrogens is 1. The first-order valence-corrected chi connectivity index (χ1v) is 17.7. The van der Waals surface area contributed by atoms with E-state index in [-0.39, 0.29) is 0 Å². The second-order valence-electron chi connectivity index (χ2n) is 13.4. The van der Waals surface area contributed by atoms with Crippen molar-refractivity contribution < 1.29 is 0 Å². The lowest BCUT2D eigenvalue weighted by atomic mass is 9.89. The van der Waals surface area contributed by atoms with Crippen molar-refractivity contribution in [3.8, 4) is 0 Å². The number of pyridine rings is 1. The number of fused-ring (bicyclic) bond motifs is 4. The molecule has 0 spiro atoms. The van der Waals surface area contributed by atoms with Crippen LogP contribution in [-0.2, 0) is 13.1 Å². The van der Waals surface area contributed by atoms with Gasteiger partial charge in [-0.15, -0.1) is 0 Å². The van der Waals surface area contributed by atoms with E-state index in [2.05, 4.69) is 47.2 Å². The number of hydrogen-bond donors (Lipinski definition) is 4. The summed E-state index contributed by atoms with van der Waals surface area (Å²) in [6.07, 6.45) is 25.9. The van der Waals surface area contributed by atoms with Gasteiger partial charge in [0.15, 0.2) is 0 Å². The van der Waals surface area contributed by atoms with E-state index in [0.29, 0.717) is 30.1 Å². The van der Waals surface area contributed by atoms with Gasteiger partial charge in [0, 0.05) is 50.3 Å². The molecular formula is C35H63N5. The highest BCUT2D eigenvalue weighted by atomic mass is 15.1. The van der Waals surface area contributed by atoms with E-state index in [0.717, 1.165) is 26.2 Å². The summed E-state index contributed by atoms with van der Waals surface area (Å²) < 4.78 is 0. The van der Waals surface area contributed by atoms with Crippen molar-refractivity contribution in [1.29, 1.82) is 0 Å². The van der Waals surface area contributed by atoms with Gasteiger partial charge in [0.1, 0.15) is 0 Å². The molecule has 0 amide bonds. The number of unbranched alkanes of at least 4 members (excludes halogenated alkanes) is 9. The molecule has 0 saturated heterocycles. The van der Waals surface area contributed by atoms with Crippen LogP contribution in [-0.4, -0.2) is 42.2 Å². The minimum atomic E-state index is 0.553. The Kier molecular flexibility index (Phi) is 14.8. The lowest BCUT2D eigenvalue weighted by Gasteiger charge is -2.34. The van der Waals surface area contributed by atoms with Crippen molar-refractivity contribution in [3.63, 3.8) is 0 Å². The Bertz CT molecular complexity index is 765. The third-order valence-corrected chi connectivity index (χ3v) is 10.1. The summed E-state index contributed by atoms with van der Waals surface area (Å²) in [4.78, 5) is 5.19. The molecule has 5 atom stereocenters. The van der Waals surface area contributed by atoms with Crippen LogP contribution in [0.15, 0.2) is 12.1 Å². The average Bonchev–Trinajstić information content (AvgIpc) is 2.99. The summed E-state index contributed by atoms with van der Waals surface area (Å²) in [5.41, 5.74) is 3.98. The first-order chi connectivity index (χ1) is 19.7. The number of nitrogens with zero attached hydrogens (tertiary/aromatic N) is 1. The molecule has 2 bridgehead atoms. The van der Waals surface area contributed by atoms with E-state index in [1.54, 1.807) is 0 Å². The van der Waals surface area contributed by atoms with E-state index in [1.165, 1.54) is 139 Å². The zero-order valence-electron chi connectivity index (χ0n) is 26.3. The Balaban J connectivity index is 1.33. The standard InChI is InChI=1S/C35H63N5/c1-3-4-5-6-7-8-9-10-11-12-17-28(2)29-24-30-26-38-34-20-15-13-18-32(34)36-22-23-37-33-19-14-16-21-35(33)39-27-31(25-29)40-30/h24-25,28,32-39H,3-23,26-27H2,1-2H3/t28?,32-,33?,34-,35-/m1/s1. The summed E-state index contributed by atoms with van der Waals surface area (Å²) in [6.45, 7) is 8.66. The van der Waals surface area contributed by atoms with E-state index in [1.807, 2.05) is 0 Å². The van der Waals surface area contributed by atoms with Gasteiger partial charge in [-0.1, -0.05) is 104 Å². The summed E-state index contributed by atoms with van der Waals surface area (Å²) in [5, 5.41) is 15.7. The lowest BCUT2D eigenvalue weighted by molar-refractivity contribution is 0.266. The van der Waals surface area contributed by atoms with Crippen LogP contribution < -0.4 is 21.3 Å². The highest BCUT2D eigenvalue weighted by molar-refractivity contribution is 5.25. The smallest absolute Gasteiger partial charge is 0.0548 e. The first kappa shape index (κ1) is 31.9. The van der Waals surface area contributed by atoms with Crippen LogP contribution in [0.1, 0.15) is 159 Å². The monoisotopic (exact) mass is 554 g/mol. The van der Waals surface area contributed by atoms with Crippen molar-refractivity contribution in [1.82, 2.24) is 26.3 Å². The fourth-order valence-electron chi connectivity index (χ4n) is 7.47. The van der Waals surface area contributed by atoms with Gasteiger partial charge in [0.25, 0.3) is 0 Å². The molecule has 1 aliphatic heterocycles. The topological polar surface area (TPSA) is 61.0 Å². The van der Waals surface area contributed by atoms with Crippen LogP contribution in [0.25, 0.3) is 0 Å².